The van der Waals surface area contributed by atoms with Gasteiger partial charge in [0.15, 0.2) is 0 Å². The van der Waals surface area contributed by atoms with Crippen molar-refractivity contribution in [2.75, 3.05) is 7.05 Å². The topological polar surface area (TPSA) is 35.5 Å². The minimum Gasteiger partial charge on any atom is -0.342 e. The molecule has 1 heterocycles. The van der Waals surface area contributed by atoms with E-state index in [1.165, 1.54) is 0 Å². The molecule has 5 heteroatoms. The summed E-state index contributed by atoms with van der Waals surface area (Å²) in [5.41, 5.74) is 2.25. The van der Waals surface area contributed by atoms with Gasteiger partial charge in [-0.25, -0.2) is 0 Å². The van der Waals surface area contributed by atoms with Crippen LogP contribution in [0, 0.1) is 0 Å². The van der Waals surface area contributed by atoms with E-state index < -0.39 is 0 Å². The fourth-order valence-corrected chi connectivity index (χ4v) is 2.94. The molecule has 1 fully saturated rings. The SMILES string of the molecule is CN1C(=S)SC(C)(C)[C@@H]1NO. The van der Waals surface area contributed by atoms with Crippen molar-refractivity contribution < 1.29 is 5.21 Å². The van der Waals surface area contributed by atoms with Crippen molar-refractivity contribution in [2.24, 2.45) is 0 Å². The van der Waals surface area contributed by atoms with Crippen LogP contribution >= 0.6 is 24.0 Å². The van der Waals surface area contributed by atoms with Gasteiger partial charge in [0.05, 0.1) is 4.75 Å². The number of rotatable bonds is 1. The van der Waals surface area contributed by atoms with Gasteiger partial charge in [-0.05, 0) is 13.8 Å². The summed E-state index contributed by atoms with van der Waals surface area (Å²) in [7, 11) is 1.87. The van der Waals surface area contributed by atoms with E-state index in [4.69, 9.17) is 17.4 Å². The molecule has 0 amide bonds. The summed E-state index contributed by atoms with van der Waals surface area (Å²) in [5.74, 6) is 0. The second-order valence-electron chi connectivity index (χ2n) is 3.11. The van der Waals surface area contributed by atoms with Crippen LogP contribution in [-0.4, -0.2) is 32.4 Å². The highest BCUT2D eigenvalue weighted by molar-refractivity contribution is 8.24. The van der Waals surface area contributed by atoms with E-state index in [9.17, 15) is 0 Å². The molecule has 0 aromatic heterocycles. The maximum Gasteiger partial charge on any atom is 0.138 e. The van der Waals surface area contributed by atoms with Crippen molar-refractivity contribution in [3.05, 3.63) is 0 Å². The monoisotopic (exact) mass is 192 g/mol. The molecule has 0 bridgehead atoms. The summed E-state index contributed by atoms with van der Waals surface area (Å²) in [6.45, 7) is 4.09. The van der Waals surface area contributed by atoms with E-state index in [1.54, 1.807) is 11.8 Å². The van der Waals surface area contributed by atoms with Crippen LogP contribution in [-0.2, 0) is 0 Å². The van der Waals surface area contributed by atoms with Crippen LogP contribution in [0.4, 0.5) is 0 Å². The molecule has 0 saturated carbocycles. The van der Waals surface area contributed by atoms with Gasteiger partial charge in [-0.15, -0.1) is 0 Å². The third-order valence-electron chi connectivity index (χ3n) is 1.81. The van der Waals surface area contributed by atoms with Crippen molar-refractivity contribution in [3.8, 4) is 0 Å². The summed E-state index contributed by atoms with van der Waals surface area (Å²) >= 11 is 6.67. The maximum absolute atomic E-state index is 8.83. The van der Waals surface area contributed by atoms with Crippen LogP contribution in [0.15, 0.2) is 0 Å². The summed E-state index contributed by atoms with van der Waals surface area (Å²) in [5, 5.41) is 8.83. The Morgan fingerprint density at radius 1 is 1.73 bits per heavy atom. The van der Waals surface area contributed by atoms with Gasteiger partial charge in [0.1, 0.15) is 10.5 Å². The van der Waals surface area contributed by atoms with Gasteiger partial charge in [0.2, 0.25) is 0 Å². The molecule has 0 aromatic carbocycles. The maximum atomic E-state index is 8.83. The third-order valence-corrected chi connectivity index (χ3v) is 3.56. The molecule has 2 N–H and O–H groups in total. The van der Waals surface area contributed by atoms with Gasteiger partial charge >= 0.3 is 0 Å². The van der Waals surface area contributed by atoms with E-state index in [-0.39, 0.29) is 10.9 Å². The second-order valence-corrected chi connectivity index (χ2v) is 5.40. The third kappa shape index (κ3) is 1.51. The summed E-state index contributed by atoms with van der Waals surface area (Å²) in [4.78, 5) is 1.86. The highest BCUT2D eigenvalue weighted by Crippen LogP contribution is 2.38. The zero-order chi connectivity index (χ0) is 8.65. The summed E-state index contributed by atoms with van der Waals surface area (Å²) < 4.78 is 0.766. The Kier molecular flexibility index (Phi) is 2.43. The fourth-order valence-electron chi connectivity index (χ4n) is 1.17. The minimum atomic E-state index is -0.0833. The molecule has 0 spiro atoms. The first-order valence-corrected chi connectivity index (χ1v) is 4.57. The van der Waals surface area contributed by atoms with Gasteiger partial charge in [0.25, 0.3) is 0 Å². The van der Waals surface area contributed by atoms with Crippen molar-refractivity contribution in [2.45, 2.75) is 24.8 Å². The lowest BCUT2D eigenvalue weighted by atomic mass is 10.1. The molecule has 1 aliphatic heterocycles. The molecule has 0 radical (unpaired) electrons. The van der Waals surface area contributed by atoms with Crippen LogP contribution in [0.2, 0.25) is 0 Å². The zero-order valence-corrected chi connectivity index (χ0v) is 8.42. The molecular formula is C6H12N2OS2. The molecule has 1 aliphatic rings. The number of nitrogens with zero attached hydrogens (tertiary/aromatic N) is 1. The van der Waals surface area contributed by atoms with E-state index in [2.05, 4.69) is 5.48 Å². The number of thiocarbonyl (C=S) groups is 1. The zero-order valence-electron chi connectivity index (χ0n) is 6.79. The standard InChI is InChI=1S/C6H12N2OS2/c1-6(2)4(7-9)8(3)5(10)11-6/h4,7,9H,1-3H3/t4-/m1/s1. The van der Waals surface area contributed by atoms with Crippen molar-refractivity contribution in [3.63, 3.8) is 0 Å². The Bertz CT molecular complexity index is 183. The molecule has 0 aliphatic carbocycles. The minimum absolute atomic E-state index is 0.0550. The van der Waals surface area contributed by atoms with Crippen LogP contribution in [0.3, 0.4) is 0 Å². The lowest BCUT2D eigenvalue weighted by molar-refractivity contribution is 0.0662. The van der Waals surface area contributed by atoms with Crippen LogP contribution in [0.25, 0.3) is 0 Å². The molecule has 3 nitrogen and oxygen atoms in total. The smallest absolute Gasteiger partial charge is 0.138 e. The van der Waals surface area contributed by atoms with E-state index in [0.29, 0.717) is 0 Å². The van der Waals surface area contributed by atoms with Crippen molar-refractivity contribution >= 4 is 28.3 Å². The first kappa shape index (κ1) is 9.25. The van der Waals surface area contributed by atoms with Gasteiger partial charge in [-0.2, -0.15) is 5.48 Å². The Morgan fingerprint density at radius 2 is 2.27 bits per heavy atom. The number of hydroxylamine groups is 1. The van der Waals surface area contributed by atoms with Crippen LogP contribution in [0.1, 0.15) is 13.8 Å². The summed E-state index contributed by atoms with van der Waals surface area (Å²) in [6.07, 6.45) is -0.0833. The number of hydrogen-bond acceptors (Lipinski definition) is 4. The molecule has 11 heavy (non-hydrogen) atoms. The van der Waals surface area contributed by atoms with E-state index >= 15 is 0 Å². The molecule has 0 aromatic rings. The predicted octanol–water partition coefficient (Wildman–Crippen LogP) is 1.03. The molecule has 1 atom stereocenters. The highest BCUT2D eigenvalue weighted by atomic mass is 32.2. The van der Waals surface area contributed by atoms with Gasteiger partial charge in [-0.1, -0.05) is 24.0 Å². The van der Waals surface area contributed by atoms with Crippen molar-refractivity contribution in [1.82, 2.24) is 10.4 Å². The average Bonchev–Trinajstić information content (AvgIpc) is 2.03. The number of hydrogen-bond donors (Lipinski definition) is 2. The number of nitrogens with one attached hydrogen (secondary N) is 1. The number of thioether (sulfide) groups is 1. The Balaban J connectivity index is 2.81. The van der Waals surface area contributed by atoms with Gasteiger partial charge in [-0.3, -0.25) is 0 Å². The molecule has 64 valence electrons. The highest BCUT2D eigenvalue weighted by Gasteiger charge is 2.42. The van der Waals surface area contributed by atoms with Gasteiger partial charge in [0, 0.05) is 7.05 Å². The predicted molar refractivity (Wildman–Crippen MR) is 50.7 cm³/mol. The molecular weight excluding hydrogens is 180 g/mol. The average molecular weight is 192 g/mol. The van der Waals surface area contributed by atoms with E-state index in [0.717, 1.165) is 4.32 Å². The lowest BCUT2D eigenvalue weighted by Crippen LogP contribution is -2.48. The van der Waals surface area contributed by atoms with Crippen molar-refractivity contribution in [1.29, 1.82) is 0 Å². The quantitative estimate of drug-likeness (QED) is 0.479. The summed E-state index contributed by atoms with van der Waals surface area (Å²) in [6, 6.07) is 0. The Hall–Kier alpha value is 0.160. The second kappa shape index (κ2) is 2.90. The first-order chi connectivity index (χ1) is 4.99. The fraction of sp³-hybridized carbons (Fsp3) is 0.833. The molecule has 0 unspecified atom stereocenters. The largest absolute Gasteiger partial charge is 0.342 e. The van der Waals surface area contributed by atoms with Crippen LogP contribution in [0.5, 0.6) is 0 Å². The van der Waals surface area contributed by atoms with Gasteiger partial charge < -0.3 is 10.1 Å². The van der Waals surface area contributed by atoms with Crippen LogP contribution < -0.4 is 5.48 Å². The Labute approximate surface area is 76.1 Å². The van der Waals surface area contributed by atoms with E-state index in [1.807, 2.05) is 25.8 Å². The normalized spacial score (nSPS) is 29.6. The molecule has 1 rings (SSSR count). The lowest BCUT2D eigenvalue weighted by Gasteiger charge is -2.27. The Morgan fingerprint density at radius 3 is 2.45 bits per heavy atom. The molecule has 1 saturated heterocycles. The first-order valence-electron chi connectivity index (χ1n) is 3.34.